The average Bonchev–Trinajstić information content (AvgIpc) is 2.45. The highest BCUT2D eigenvalue weighted by molar-refractivity contribution is 5.62. The summed E-state index contributed by atoms with van der Waals surface area (Å²) in [5.41, 5.74) is 2.22. The predicted molar refractivity (Wildman–Crippen MR) is 84.0 cm³/mol. The first kappa shape index (κ1) is 14.5. The van der Waals surface area contributed by atoms with Gasteiger partial charge in [-0.3, -0.25) is 14.8 Å². The molecular formula is C16H22N4. The van der Waals surface area contributed by atoms with Crippen molar-refractivity contribution in [2.75, 3.05) is 33.1 Å². The molecule has 0 aliphatic carbocycles. The molecule has 0 N–H and O–H groups in total. The van der Waals surface area contributed by atoms with Crippen LogP contribution in [0.3, 0.4) is 0 Å². The molecule has 1 aromatic carbocycles. The molecule has 2 aromatic rings. The van der Waals surface area contributed by atoms with Gasteiger partial charge in [0.25, 0.3) is 0 Å². The molecule has 0 radical (unpaired) electrons. The molecule has 0 aliphatic rings. The Kier molecular flexibility index (Phi) is 4.71. The fourth-order valence-corrected chi connectivity index (χ4v) is 2.42. The highest BCUT2D eigenvalue weighted by Crippen LogP contribution is 2.28. The Morgan fingerprint density at radius 2 is 1.40 bits per heavy atom. The van der Waals surface area contributed by atoms with Gasteiger partial charge in [0.2, 0.25) is 0 Å². The lowest BCUT2D eigenvalue weighted by atomic mass is 10.2. The van der Waals surface area contributed by atoms with Gasteiger partial charge in [-0.05, 0) is 52.5 Å². The highest BCUT2D eigenvalue weighted by atomic mass is 15.5. The summed E-state index contributed by atoms with van der Waals surface area (Å²) in [6.07, 6.45) is 3.81. The maximum Gasteiger partial charge on any atom is 0.143 e. The second-order valence-corrected chi connectivity index (χ2v) is 5.19. The third kappa shape index (κ3) is 3.15. The number of para-hydroxylation sites is 1. The quantitative estimate of drug-likeness (QED) is 0.779. The summed E-state index contributed by atoms with van der Waals surface area (Å²) < 4.78 is 0. The fraction of sp³-hybridized carbons (Fsp3) is 0.312. The SMILES string of the molecule is CN(C)C(N(C)C)N(c1ccccc1)c1cccnc1. The van der Waals surface area contributed by atoms with Gasteiger partial charge in [-0.15, -0.1) is 0 Å². The van der Waals surface area contributed by atoms with Gasteiger partial charge in [0.1, 0.15) is 6.29 Å². The van der Waals surface area contributed by atoms with E-state index in [1.165, 1.54) is 0 Å². The van der Waals surface area contributed by atoms with Crippen molar-refractivity contribution in [1.29, 1.82) is 0 Å². The van der Waals surface area contributed by atoms with Gasteiger partial charge in [-0.25, -0.2) is 0 Å². The van der Waals surface area contributed by atoms with Gasteiger partial charge in [-0.2, -0.15) is 0 Å². The van der Waals surface area contributed by atoms with E-state index >= 15 is 0 Å². The van der Waals surface area contributed by atoms with Crippen LogP contribution in [0.25, 0.3) is 0 Å². The first-order chi connectivity index (χ1) is 9.61. The minimum absolute atomic E-state index is 0.113. The Morgan fingerprint density at radius 1 is 0.800 bits per heavy atom. The molecule has 0 atom stereocenters. The number of aromatic nitrogens is 1. The summed E-state index contributed by atoms with van der Waals surface area (Å²) in [5.74, 6) is 0. The van der Waals surface area contributed by atoms with Crippen molar-refractivity contribution in [3.8, 4) is 0 Å². The number of nitrogens with zero attached hydrogens (tertiary/aromatic N) is 4. The second-order valence-electron chi connectivity index (χ2n) is 5.19. The maximum absolute atomic E-state index is 4.25. The third-order valence-electron chi connectivity index (χ3n) is 3.11. The van der Waals surface area contributed by atoms with Crippen molar-refractivity contribution >= 4 is 11.4 Å². The number of hydrogen-bond acceptors (Lipinski definition) is 4. The second kappa shape index (κ2) is 6.50. The van der Waals surface area contributed by atoms with E-state index in [0.29, 0.717) is 0 Å². The van der Waals surface area contributed by atoms with Crippen LogP contribution in [0.2, 0.25) is 0 Å². The summed E-state index contributed by atoms with van der Waals surface area (Å²) in [6.45, 7) is 0. The van der Waals surface area contributed by atoms with Crippen LogP contribution in [0, 0.1) is 0 Å². The smallest absolute Gasteiger partial charge is 0.143 e. The highest BCUT2D eigenvalue weighted by Gasteiger charge is 2.24. The van der Waals surface area contributed by atoms with Gasteiger partial charge in [-0.1, -0.05) is 18.2 Å². The predicted octanol–water partition coefficient (Wildman–Crippen LogP) is 2.63. The summed E-state index contributed by atoms with van der Waals surface area (Å²) in [7, 11) is 8.32. The van der Waals surface area contributed by atoms with Gasteiger partial charge in [0.15, 0.2) is 0 Å². The Balaban J connectivity index is 2.49. The zero-order chi connectivity index (χ0) is 14.5. The zero-order valence-electron chi connectivity index (χ0n) is 12.6. The van der Waals surface area contributed by atoms with Crippen molar-refractivity contribution in [3.05, 3.63) is 54.9 Å². The van der Waals surface area contributed by atoms with Crippen LogP contribution in [0.4, 0.5) is 11.4 Å². The van der Waals surface area contributed by atoms with Crippen LogP contribution in [-0.4, -0.2) is 49.3 Å². The van der Waals surface area contributed by atoms with Crippen molar-refractivity contribution in [2.24, 2.45) is 0 Å². The lowest BCUT2D eigenvalue weighted by Gasteiger charge is -2.41. The number of benzene rings is 1. The van der Waals surface area contributed by atoms with Crippen LogP contribution in [0.5, 0.6) is 0 Å². The van der Waals surface area contributed by atoms with Crippen LogP contribution in [0.15, 0.2) is 54.9 Å². The molecule has 4 nitrogen and oxygen atoms in total. The largest absolute Gasteiger partial charge is 0.311 e. The van der Waals surface area contributed by atoms with E-state index in [1.54, 1.807) is 6.20 Å². The molecule has 0 fully saturated rings. The summed E-state index contributed by atoms with van der Waals surface area (Å²) in [6, 6.07) is 14.4. The first-order valence-corrected chi connectivity index (χ1v) is 6.68. The topological polar surface area (TPSA) is 22.6 Å². The molecule has 20 heavy (non-hydrogen) atoms. The van der Waals surface area contributed by atoms with Gasteiger partial charge >= 0.3 is 0 Å². The molecule has 1 aromatic heterocycles. The maximum atomic E-state index is 4.25. The Morgan fingerprint density at radius 3 is 1.90 bits per heavy atom. The van der Waals surface area contributed by atoms with E-state index in [0.717, 1.165) is 11.4 Å². The van der Waals surface area contributed by atoms with Gasteiger partial charge < -0.3 is 4.90 Å². The Labute approximate surface area is 121 Å². The van der Waals surface area contributed by atoms with Crippen molar-refractivity contribution in [1.82, 2.24) is 14.8 Å². The molecule has 1 heterocycles. The van der Waals surface area contributed by atoms with Crippen LogP contribution < -0.4 is 4.90 Å². The van der Waals surface area contributed by atoms with E-state index in [4.69, 9.17) is 0 Å². The molecule has 106 valence electrons. The normalized spacial score (nSPS) is 11.3. The first-order valence-electron chi connectivity index (χ1n) is 6.68. The third-order valence-corrected chi connectivity index (χ3v) is 3.11. The molecular weight excluding hydrogens is 248 g/mol. The summed E-state index contributed by atoms with van der Waals surface area (Å²) >= 11 is 0. The molecule has 2 rings (SSSR count). The van der Waals surface area contributed by atoms with Crippen LogP contribution in [-0.2, 0) is 0 Å². The molecule has 0 amide bonds. The lowest BCUT2D eigenvalue weighted by Crippen LogP contribution is -2.51. The Hall–Kier alpha value is -1.91. The Bertz CT molecular complexity index is 463. The molecule has 0 saturated carbocycles. The molecule has 0 bridgehead atoms. The van der Waals surface area contributed by atoms with E-state index in [2.05, 4.69) is 78.2 Å². The van der Waals surface area contributed by atoms with Gasteiger partial charge in [0, 0.05) is 11.9 Å². The molecule has 0 aliphatic heterocycles. The standard InChI is InChI=1S/C16H22N4/c1-18(2)16(19(3)4)20(14-9-6-5-7-10-14)15-11-8-12-17-13-15/h5-13,16H,1-4H3. The molecule has 4 heteroatoms. The average molecular weight is 270 g/mol. The van der Waals surface area contributed by atoms with Crippen LogP contribution >= 0.6 is 0 Å². The molecule has 0 unspecified atom stereocenters. The minimum Gasteiger partial charge on any atom is -0.311 e. The van der Waals surface area contributed by atoms with Crippen molar-refractivity contribution in [3.63, 3.8) is 0 Å². The summed E-state index contributed by atoms with van der Waals surface area (Å²) in [4.78, 5) is 10.9. The molecule has 0 spiro atoms. The molecule has 0 saturated heterocycles. The lowest BCUT2D eigenvalue weighted by molar-refractivity contribution is 0.135. The van der Waals surface area contributed by atoms with E-state index in [1.807, 2.05) is 18.3 Å². The zero-order valence-corrected chi connectivity index (χ0v) is 12.6. The number of anilines is 2. The number of pyridine rings is 1. The minimum atomic E-state index is 0.113. The van der Waals surface area contributed by atoms with Crippen molar-refractivity contribution < 1.29 is 0 Å². The van der Waals surface area contributed by atoms with E-state index < -0.39 is 0 Å². The van der Waals surface area contributed by atoms with E-state index in [9.17, 15) is 0 Å². The summed E-state index contributed by atoms with van der Waals surface area (Å²) in [5, 5.41) is 0. The van der Waals surface area contributed by atoms with Crippen LogP contribution in [0.1, 0.15) is 0 Å². The number of hydrogen-bond donors (Lipinski definition) is 0. The fourth-order valence-electron chi connectivity index (χ4n) is 2.42. The van der Waals surface area contributed by atoms with E-state index in [-0.39, 0.29) is 6.29 Å². The monoisotopic (exact) mass is 270 g/mol. The van der Waals surface area contributed by atoms with Gasteiger partial charge in [0.05, 0.1) is 11.9 Å². The number of rotatable bonds is 5. The van der Waals surface area contributed by atoms with Crippen molar-refractivity contribution in [2.45, 2.75) is 6.29 Å².